The highest BCUT2D eigenvalue weighted by atomic mass is 35.5. The van der Waals surface area contributed by atoms with Gasteiger partial charge >= 0.3 is 0 Å². The summed E-state index contributed by atoms with van der Waals surface area (Å²) in [4.78, 5) is 16.2. The topological polar surface area (TPSA) is 77.2 Å². The van der Waals surface area contributed by atoms with Crippen molar-refractivity contribution in [2.45, 2.75) is 13.5 Å². The lowest BCUT2D eigenvalue weighted by molar-refractivity contribution is 0.102. The smallest absolute Gasteiger partial charge is 0.255 e. The van der Waals surface area contributed by atoms with Gasteiger partial charge in [0.05, 0.1) is 0 Å². The number of rotatable bonds is 5. The number of benzene rings is 2. The first kappa shape index (κ1) is 16.0. The third-order valence-electron chi connectivity index (χ3n) is 3.16. The van der Waals surface area contributed by atoms with Crippen molar-refractivity contribution in [3.05, 3.63) is 70.8 Å². The molecular formula is C17H14ClN3O3. The maximum absolute atomic E-state index is 12.2. The standard InChI is InChI=1S/C17H14ClN3O3/c1-11-19-16(21-24-11)10-23-15-8-2-12(3-9-15)17(22)20-14-6-4-13(18)5-7-14/h2-9H,10H2,1H3,(H,20,22). The second-order valence-corrected chi connectivity index (χ2v) is 5.44. The zero-order valence-corrected chi connectivity index (χ0v) is 13.6. The number of carbonyl (C=O) groups excluding carboxylic acids is 1. The highest BCUT2D eigenvalue weighted by molar-refractivity contribution is 6.30. The van der Waals surface area contributed by atoms with Gasteiger partial charge in [-0.05, 0) is 48.5 Å². The molecule has 0 saturated heterocycles. The number of carbonyl (C=O) groups is 1. The average molecular weight is 344 g/mol. The summed E-state index contributed by atoms with van der Waals surface area (Å²) in [5.41, 5.74) is 1.20. The van der Waals surface area contributed by atoms with Gasteiger partial charge in [-0.2, -0.15) is 4.98 Å². The monoisotopic (exact) mass is 343 g/mol. The minimum Gasteiger partial charge on any atom is -0.485 e. The molecule has 0 bridgehead atoms. The van der Waals surface area contributed by atoms with E-state index in [1.165, 1.54) is 0 Å². The molecule has 0 atom stereocenters. The van der Waals surface area contributed by atoms with E-state index in [9.17, 15) is 4.79 Å². The van der Waals surface area contributed by atoms with Gasteiger partial charge in [0.1, 0.15) is 5.75 Å². The molecule has 0 radical (unpaired) electrons. The van der Waals surface area contributed by atoms with Crippen LogP contribution in [0.5, 0.6) is 5.75 Å². The lowest BCUT2D eigenvalue weighted by atomic mass is 10.2. The van der Waals surface area contributed by atoms with Gasteiger partial charge in [0.25, 0.3) is 5.91 Å². The summed E-state index contributed by atoms with van der Waals surface area (Å²) in [5, 5.41) is 7.16. The molecule has 2 aromatic carbocycles. The van der Waals surface area contributed by atoms with Crippen molar-refractivity contribution < 1.29 is 14.1 Å². The molecule has 1 N–H and O–H groups in total. The van der Waals surface area contributed by atoms with Gasteiger partial charge in [-0.3, -0.25) is 4.79 Å². The Morgan fingerprint density at radius 1 is 1.17 bits per heavy atom. The summed E-state index contributed by atoms with van der Waals surface area (Å²) in [6.45, 7) is 1.91. The highest BCUT2D eigenvalue weighted by Gasteiger charge is 2.07. The molecule has 1 aromatic heterocycles. The quantitative estimate of drug-likeness (QED) is 0.761. The number of aromatic nitrogens is 2. The molecule has 0 fully saturated rings. The number of halogens is 1. The van der Waals surface area contributed by atoms with E-state index in [1.807, 2.05) is 0 Å². The van der Waals surface area contributed by atoms with Crippen LogP contribution < -0.4 is 10.1 Å². The number of nitrogens with one attached hydrogen (secondary N) is 1. The maximum Gasteiger partial charge on any atom is 0.255 e. The second kappa shape index (κ2) is 7.14. The summed E-state index contributed by atoms with van der Waals surface area (Å²) >= 11 is 5.82. The summed E-state index contributed by atoms with van der Waals surface area (Å²) in [5.74, 6) is 1.36. The number of amides is 1. The van der Waals surface area contributed by atoms with E-state index in [2.05, 4.69) is 15.5 Å². The molecule has 0 aliphatic carbocycles. The first-order valence-electron chi connectivity index (χ1n) is 7.19. The number of anilines is 1. The molecule has 0 aliphatic heterocycles. The Labute approximate surface area is 143 Å². The van der Waals surface area contributed by atoms with E-state index >= 15 is 0 Å². The summed E-state index contributed by atoms with van der Waals surface area (Å²) in [6, 6.07) is 13.7. The Morgan fingerprint density at radius 3 is 2.50 bits per heavy atom. The van der Waals surface area contributed by atoms with Gasteiger partial charge in [-0.1, -0.05) is 16.8 Å². The third kappa shape index (κ3) is 4.11. The van der Waals surface area contributed by atoms with Gasteiger partial charge in [0.2, 0.25) is 11.7 Å². The largest absolute Gasteiger partial charge is 0.485 e. The van der Waals surface area contributed by atoms with Gasteiger partial charge in [0.15, 0.2) is 6.61 Å². The predicted molar refractivity (Wildman–Crippen MR) is 89.2 cm³/mol. The molecular weight excluding hydrogens is 330 g/mol. The Morgan fingerprint density at radius 2 is 1.88 bits per heavy atom. The molecule has 0 aliphatic rings. The fraction of sp³-hybridized carbons (Fsp3) is 0.118. The van der Waals surface area contributed by atoms with E-state index in [0.29, 0.717) is 33.7 Å². The van der Waals surface area contributed by atoms with Crippen LogP contribution in [-0.2, 0) is 6.61 Å². The molecule has 0 spiro atoms. The molecule has 6 nitrogen and oxygen atoms in total. The second-order valence-electron chi connectivity index (χ2n) is 5.00. The molecule has 0 saturated carbocycles. The minimum absolute atomic E-state index is 0.202. The van der Waals surface area contributed by atoms with Crippen molar-refractivity contribution in [3.8, 4) is 5.75 Å². The third-order valence-corrected chi connectivity index (χ3v) is 3.41. The summed E-state index contributed by atoms with van der Waals surface area (Å²) in [7, 11) is 0. The van der Waals surface area contributed by atoms with E-state index < -0.39 is 0 Å². The molecule has 24 heavy (non-hydrogen) atoms. The van der Waals surface area contributed by atoms with Crippen LogP contribution in [0.1, 0.15) is 22.1 Å². The number of ether oxygens (including phenoxy) is 1. The molecule has 7 heteroatoms. The average Bonchev–Trinajstić information content (AvgIpc) is 3.01. The molecule has 3 aromatic rings. The van der Waals surface area contributed by atoms with Crippen LogP contribution in [0, 0.1) is 6.92 Å². The van der Waals surface area contributed by atoms with Gasteiger partial charge < -0.3 is 14.6 Å². The molecule has 0 unspecified atom stereocenters. The molecule has 1 amide bonds. The molecule has 122 valence electrons. The SMILES string of the molecule is Cc1nc(COc2ccc(C(=O)Nc3ccc(Cl)cc3)cc2)no1. The van der Waals surface area contributed by atoms with Crippen molar-refractivity contribution in [2.75, 3.05) is 5.32 Å². The minimum atomic E-state index is -0.210. The van der Waals surface area contributed by atoms with Crippen LogP contribution in [0.3, 0.4) is 0 Å². The van der Waals surface area contributed by atoms with Crippen molar-refractivity contribution >= 4 is 23.2 Å². The Hall–Kier alpha value is -2.86. The number of hydrogen-bond acceptors (Lipinski definition) is 5. The van der Waals surface area contributed by atoms with Crippen molar-refractivity contribution in [1.29, 1.82) is 0 Å². The van der Waals surface area contributed by atoms with Gasteiger partial charge in [-0.25, -0.2) is 0 Å². The fourth-order valence-electron chi connectivity index (χ4n) is 1.99. The highest BCUT2D eigenvalue weighted by Crippen LogP contribution is 2.17. The van der Waals surface area contributed by atoms with Crippen LogP contribution >= 0.6 is 11.6 Å². The lowest BCUT2D eigenvalue weighted by Crippen LogP contribution is -2.11. The van der Waals surface area contributed by atoms with Crippen LogP contribution in [0.4, 0.5) is 5.69 Å². The normalized spacial score (nSPS) is 10.4. The first-order chi connectivity index (χ1) is 11.6. The Balaban J connectivity index is 1.59. The van der Waals surface area contributed by atoms with Crippen LogP contribution in [0.25, 0.3) is 0 Å². The maximum atomic E-state index is 12.2. The zero-order valence-electron chi connectivity index (χ0n) is 12.8. The van der Waals surface area contributed by atoms with Crippen LogP contribution in [-0.4, -0.2) is 16.0 Å². The predicted octanol–water partition coefficient (Wildman–Crippen LogP) is 3.86. The first-order valence-corrected chi connectivity index (χ1v) is 7.57. The Kier molecular flexibility index (Phi) is 4.77. The Bertz CT molecular complexity index is 829. The fourth-order valence-corrected chi connectivity index (χ4v) is 2.11. The van der Waals surface area contributed by atoms with E-state index in [4.69, 9.17) is 20.9 Å². The van der Waals surface area contributed by atoms with Gasteiger partial charge in [-0.15, -0.1) is 0 Å². The number of aryl methyl sites for hydroxylation is 1. The number of nitrogens with zero attached hydrogens (tertiary/aromatic N) is 2. The number of hydrogen-bond donors (Lipinski definition) is 1. The van der Waals surface area contributed by atoms with Crippen molar-refractivity contribution in [1.82, 2.24) is 10.1 Å². The lowest BCUT2D eigenvalue weighted by Gasteiger charge is -2.07. The summed E-state index contributed by atoms with van der Waals surface area (Å²) < 4.78 is 10.4. The van der Waals surface area contributed by atoms with Crippen LogP contribution in [0.15, 0.2) is 53.1 Å². The summed E-state index contributed by atoms with van der Waals surface area (Å²) in [6.07, 6.45) is 0. The molecule has 1 heterocycles. The van der Waals surface area contributed by atoms with Crippen LogP contribution in [0.2, 0.25) is 5.02 Å². The molecule has 3 rings (SSSR count). The van der Waals surface area contributed by atoms with Crippen molar-refractivity contribution in [3.63, 3.8) is 0 Å². The van der Waals surface area contributed by atoms with Crippen molar-refractivity contribution in [2.24, 2.45) is 0 Å². The van der Waals surface area contributed by atoms with E-state index in [0.717, 1.165) is 0 Å². The zero-order chi connectivity index (χ0) is 16.9. The van der Waals surface area contributed by atoms with E-state index in [-0.39, 0.29) is 12.5 Å². The van der Waals surface area contributed by atoms with E-state index in [1.54, 1.807) is 55.5 Å². The van der Waals surface area contributed by atoms with Gasteiger partial charge in [0, 0.05) is 23.2 Å².